The van der Waals surface area contributed by atoms with Crippen LogP contribution in [0, 0.1) is 0 Å². The van der Waals surface area contributed by atoms with Gasteiger partial charge in [-0.3, -0.25) is 5.32 Å². The minimum atomic E-state index is -0.331. The number of pyridine rings is 1. The Hall–Kier alpha value is -4.20. The molecule has 168 valence electrons. The molecule has 8 heteroatoms. The fraction of sp³-hybridized carbons (Fsp3) is 0.200. The number of hydrogen-bond acceptors (Lipinski definition) is 6. The number of urea groups is 1. The summed E-state index contributed by atoms with van der Waals surface area (Å²) in [4.78, 5) is 25.5. The van der Waals surface area contributed by atoms with E-state index in [1.165, 1.54) is 18.9 Å². The van der Waals surface area contributed by atoms with Crippen LogP contribution in [0.5, 0.6) is 11.5 Å². The first-order valence-corrected chi connectivity index (χ1v) is 10.7. The number of anilines is 1. The van der Waals surface area contributed by atoms with Gasteiger partial charge in [-0.2, -0.15) is 0 Å². The fourth-order valence-corrected chi connectivity index (χ4v) is 3.42. The number of amides is 2. The number of ether oxygens (including phenoxy) is 1. The van der Waals surface area contributed by atoms with Crippen LogP contribution in [0.15, 0.2) is 66.9 Å². The number of aryl methyl sites for hydroxylation is 1. The number of methoxy groups -OCH3 is 1. The van der Waals surface area contributed by atoms with Crippen molar-refractivity contribution in [3.05, 3.63) is 72.4 Å². The van der Waals surface area contributed by atoms with Gasteiger partial charge in [-0.15, -0.1) is 0 Å². The van der Waals surface area contributed by atoms with Gasteiger partial charge in [-0.1, -0.05) is 30.3 Å². The van der Waals surface area contributed by atoms with Gasteiger partial charge in [-0.25, -0.2) is 19.7 Å². The first kappa shape index (κ1) is 22.0. The van der Waals surface area contributed by atoms with Crippen LogP contribution in [0.4, 0.5) is 10.6 Å². The maximum atomic E-state index is 12.2. The monoisotopic (exact) mass is 443 g/mol. The van der Waals surface area contributed by atoms with E-state index in [-0.39, 0.29) is 11.8 Å². The molecule has 0 radical (unpaired) electrons. The predicted molar refractivity (Wildman–Crippen MR) is 127 cm³/mol. The van der Waals surface area contributed by atoms with Gasteiger partial charge < -0.3 is 15.2 Å². The van der Waals surface area contributed by atoms with Crippen LogP contribution < -0.4 is 15.4 Å². The Bertz CT molecular complexity index is 1250. The van der Waals surface area contributed by atoms with Crippen LogP contribution >= 0.6 is 0 Å². The number of phenols is 1. The third-order valence-corrected chi connectivity index (χ3v) is 5.14. The molecule has 2 amide bonds. The Kier molecular flexibility index (Phi) is 6.94. The Morgan fingerprint density at radius 3 is 2.70 bits per heavy atom. The van der Waals surface area contributed by atoms with E-state index in [0.717, 1.165) is 24.8 Å². The average molecular weight is 444 g/mol. The lowest BCUT2D eigenvalue weighted by Gasteiger charge is -2.09. The molecule has 0 saturated carbocycles. The van der Waals surface area contributed by atoms with Crippen LogP contribution in [0.3, 0.4) is 0 Å². The van der Waals surface area contributed by atoms with Gasteiger partial charge in [0.1, 0.15) is 5.52 Å². The lowest BCUT2D eigenvalue weighted by molar-refractivity contribution is 0.252. The van der Waals surface area contributed by atoms with Crippen LogP contribution in [-0.4, -0.2) is 39.7 Å². The Balaban J connectivity index is 1.35. The van der Waals surface area contributed by atoms with Crippen molar-refractivity contribution in [3.8, 4) is 22.8 Å². The Labute approximate surface area is 191 Å². The predicted octanol–water partition coefficient (Wildman–Crippen LogP) is 4.55. The van der Waals surface area contributed by atoms with Crippen molar-refractivity contribution in [3.63, 3.8) is 0 Å². The molecule has 0 aliphatic heterocycles. The van der Waals surface area contributed by atoms with Crippen molar-refractivity contribution in [1.82, 2.24) is 20.3 Å². The molecule has 0 spiro atoms. The summed E-state index contributed by atoms with van der Waals surface area (Å²) in [6.45, 7) is 0.574. The van der Waals surface area contributed by atoms with E-state index in [1.54, 1.807) is 24.3 Å². The summed E-state index contributed by atoms with van der Waals surface area (Å²) in [5, 5.41) is 15.4. The summed E-state index contributed by atoms with van der Waals surface area (Å²) < 4.78 is 5.17. The number of rotatable bonds is 8. The highest BCUT2D eigenvalue weighted by molar-refractivity contribution is 5.89. The standard InChI is InChI=1S/C25H25N5O3/c1-33-22-15-18(10-13-21(22)31)19-11-12-20-24(28-19)29-23(16-27-20)30-25(32)26-14-6-5-9-17-7-3-2-4-8-17/h2-4,7-8,10-13,15-16,31H,5-6,9,14H2,1H3,(H2,26,28,29,30,32). The van der Waals surface area contributed by atoms with Gasteiger partial charge in [0.05, 0.1) is 19.0 Å². The minimum Gasteiger partial charge on any atom is -0.504 e. The number of carbonyl (C=O) groups excluding carboxylic acids is 1. The molecule has 33 heavy (non-hydrogen) atoms. The van der Waals surface area contributed by atoms with E-state index in [9.17, 15) is 9.90 Å². The molecule has 2 heterocycles. The number of aromatic hydroxyl groups is 1. The zero-order valence-corrected chi connectivity index (χ0v) is 18.3. The maximum Gasteiger partial charge on any atom is 0.320 e. The van der Waals surface area contributed by atoms with Gasteiger partial charge >= 0.3 is 6.03 Å². The number of aromatic nitrogens is 3. The van der Waals surface area contributed by atoms with Crippen molar-refractivity contribution >= 4 is 23.0 Å². The van der Waals surface area contributed by atoms with Crippen LogP contribution in [0.25, 0.3) is 22.4 Å². The fourth-order valence-electron chi connectivity index (χ4n) is 3.42. The average Bonchev–Trinajstić information content (AvgIpc) is 2.84. The summed E-state index contributed by atoms with van der Waals surface area (Å²) in [5.74, 6) is 0.730. The molecule has 0 bridgehead atoms. The number of nitrogens with one attached hydrogen (secondary N) is 2. The molecule has 8 nitrogen and oxygen atoms in total. The van der Waals surface area contributed by atoms with Gasteiger partial charge in [0, 0.05) is 12.1 Å². The minimum absolute atomic E-state index is 0.0550. The number of phenolic OH excluding ortho intramolecular Hbond substituents is 1. The summed E-state index contributed by atoms with van der Waals surface area (Å²) in [6, 6.07) is 18.6. The van der Waals surface area contributed by atoms with Crippen LogP contribution in [0.2, 0.25) is 0 Å². The molecule has 4 rings (SSSR count). The summed E-state index contributed by atoms with van der Waals surface area (Å²) in [7, 11) is 1.49. The summed E-state index contributed by atoms with van der Waals surface area (Å²) in [5.41, 5.74) is 3.72. The third-order valence-electron chi connectivity index (χ3n) is 5.14. The highest BCUT2D eigenvalue weighted by atomic mass is 16.5. The van der Waals surface area contributed by atoms with Crippen LogP contribution in [0.1, 0.15) is 18.4 Å². The van der Waals surface area contributed by atoms with E-state index in [0.29, 0.717) is 35.0 Å². The van der Waals surface area contributed by atoms with Gasteiger partial charge in [0.2, 0.25) is 0 Å². The first-order valence-electron chi connectivity index (χ1n) is 10.7. The molecular formula is C25H25N5O3. The second kappa shape index (κ2) is 10.4. The second-order valence-corrected chi connectivity index (χ2v) is 7.50. The Morgan fingerprint density at radius 1 is 1.03 bits per heavy atom. The second-order valence-electron chi connectivity index (χ2n) is 7.50. The normalized spacial score (nSPS) is 10.7. The highest BCUT2D eigenvalue weighted by Crippen LogP contribution is 2.31. The smallest absolute Gasteiger partial charge is 0.320 e. The van der Waals surface area contributed by atoms with Gasteiger partial charge in [0.25, 0.3) is 0 Å². The molecule has 0 atom stereocenters. The molecule has 2 aromatic heterocycles. The summed E-state index contributed by atoms with van der Waals surface area (Å²) in [6.07, 6.45) is 4.37. The van der Waals surface area contributed by atoms with Crippen molar-refractivity contribution in [2.24, 2.45) is 0 Å². The number of hydrogen-bond donors (Lipinski definition) is 3. The van der Waals surface area contributed by atoms with Crippen molar-refractivity contribution in [2.75, 3.05) is 19.0 Å². The van der Waals surface area contributed by atoms with Gasteiger partial charge in [-0.05, 0) is 55.2 Å². The van der Waals surface area contributed by atoms with E-state index < -0.39 is 0 Å². The largest absolute Gasteiger partial charge is 0.504 e. The van der Waals surface area contributed by atoms with E-state index in [4.69, 9.17) is 4.74 Å². The lowest BCUT2D eigenvalue weighted by Crippen LogP contribution is -2.30. The molecule has 3 N–H and O–H groups in total. The van der Waals surface area contributed by atoms with Crippen molar-refractivity contribution in [2.45, 2.75) is 19.3 Å². The molecule has 0 aliphatic carbocycles. The molecule has 0 aliphatic rings. The lowest BCUT2D eigenvalue weighted by atomic mass is 10.1. The maximum absolute atomic E-state index is 12.2. The zero-order chi connectivity index (χ0) is 23.0. The quantitative estimate of drug-likeness (QED) is 0.345. The molecule has 0 unspecified atom stereocenters. The van der Waals surface area contributed by atoms with E-state index >= 15 is 0 Å². The summed E-state index contributed by atoms with van der Waals surface area (Å²) >= 11 is 0. The molecule has 0 fully saturated rings. The van der Waals surface area contributed by atoms with Crippen LogP contribution in [-0.2, 0) is 6.42 Å². The number of nitrogens with zero attached hydrogens (tertiary/aromatic N) is 3. The molecular weight excluding hydrogens is 418 g/mol. The molecule has 2 aromatic carbocycles. The van der Waals surface area contributed by atoms with E-state index in [2.05, 4.69) is 37.7 Å². The SMILES string of the molecule is COc1cc(-c2ccc3ncc(NC(=O)NCCCCc4ccccc4)nc3n2)ccc1O. The molecule has 0 saturated heterocycles. The number of fused-ring (bicyclic) bond motifs is 1. The third kappa shape index (κ3) is 5.74. The number of carbonyl (C=O) groups is 1. The van der Waals surface area contributed by atoms with Gasteiger partial charge in [0.15, 0.2) is 23.0 Å². The molecule has 4 aromatic rings. The van der Waals surface area contributed by atoms with Crippen molar-refractivity contribution in [1.29, 1.82) is 0 Å². The number of unbranched alkanes of at least 4 members (excludes halogenated alkanes) is 1. The van der Waals surface area contributed by atoms with E-state index in [1.807, 2.05) is 24.3 Å². The first-order chi connectivity index (χ1) is 16.1. The highest BCUT2D eigenvalue weighted by Gasteiger charge is 2.09. The zero-order valence-electron chi connectivity index (χ0n) is 18.3. The Morgan fingerprint density at radius 2 is 1.88 bits per heavy atom. The topological polar surface area (TPSA) is 109 Å². The number of benzene rings is 2. The van der Waals surface area contributed by atoms with Crippen molar-refractivity contribution < 1.29 is 14.6 Å².